The molecule has 1 aliphatic heterocycles. The number of carbonyl (C=O) groups excluding carboxylic acids is 1. The van der Waals surface area contributed by atoms with E-state index in [1.54, 1.807) is 0 Å². The summed E-state index contributed by atoms with van der Waals surface area (Å²) in [6, 6.07) is 0.406. The molecule has 0 bridgehead atoms. The average molecular weight is 252 g/mol. The molecule has 0 unspecified atom stereocenters. The summed E-state index contributed by atoms with van der Waals surface area (Å²) in [5, 5.41) is 6.68. The van der Waals surface area contributed by atoms with Crippen LogP contribution in [0.4, 0.5) is 0 Å². The van der Waals surface area contributed by atoms with Gasteiger partial charge in [0.05, 0.1) is 0 Å². The van der Waals surface area contributed by atoms with E-state index in [1.807, 2.05) is 0 Å². The molecule has 1 heterocycles. The zero-order valence-corrected chi connectivity index (χ0v) is 11.9. The van der Waals surface area contributed by atoms with E-state index in [1.165, 1.54) is 12.8 Å². The zero-order chi connectivity index (χ0) is 13.0. The van der Waals surface area contributed by atoms with Crippen molar-refractivity contribution in [2.45, 2.75) is 64.8 Å². The van der Waals surface area contributed by atoms with E-state index in [0.717, 1.165) is 45.2 Å². The minimum atomic E-state index is -0.0426. The highest BCUT2D eigenvalue weighted by molar-refractivity contribution is 5.83. The Morgan fingerprint density at radius 1 is 1.28 bits per heavy atom. The molecule has 0 atom stereocenters. The molecule has 0 spiro atoms. The Balaban J connectivity index is 1.95. The minimum Gasteiger partial charge on any atom is -0.353 e. The maximum atomic E-state index is 12.6. The summed E-state index contributed by atoms with van der Waals surface area (Å²) >= 11 is 0. The molecule has 0 radical (unpaired) electrons. The van der Waals surface area contributed by atoms with Crippen molar-refractivity contribution in [3.63, 3.8) is 0 Å². The third kappa shape index (κ3) is 3.25. The lowest BCUT2D eigenvalue weighted by molar-refractivity contribution is -0.132. The van der Waals surface area contributed by atoms with E-state index < -0.39 is 0 Å². The van der Waals surface area contributed by atoms with Gasteiger partial charge < -0.3 is 10.6 Å². The van der Waals surface area contributed by atoms with Crippen LogP contribution < -0.4 is 10.6 Å². The Morgan fingerprint density at radius 3 is 2.44 bits per heavy atom. The maximum Gasteiger partial charge on any atom is 0.226 e. The average Bonchev–Trinajstić information content (AvgIpc) is 2.79. The van der Waals surface area contributed by atoms with Gasteiger partial charge in [0.15, 0.2) is 0 Å². The van der Waals surface area contributed by atoms with Gasteiger partial charge in [-0.1, -0.05) is 26.7 Å². The second-order valence-corrected chi connectivity index (χ2v) is 6.58. The molecule has 2 fully saturated rings. The third-order valence-corrected chi connectivity index (χ3v) is 4.52. The highest BCUT2D eigenvalue weighted by Crippen LogP contribution is 2.43. The van der Waals surface area contributed by atoms with Crippen LogP contribution in [-0.4, -0.2) is 25.0 Å². The molecule has 3 heteroatoms. The van der Waals surface area contributed by atoms with E-state index in [2.05, 4.69) is 24.5 Å². The van der Waals surface area contributed by atoms with Gasteiger partial charge in [-0.05, 0) is 51.1 Å². The van der Waals surface area contributed by atoms with Crippen molar-refractivity contribution in [1.82, 2.24) is 10.6 Å². The molecule has 2 aliphatic rings. The molecule has 1 aliphatic carbocycles. The third-order valence-electron chi connectivity index (χ3n) is 4.52. The van der Waals surface area contributed by atoms with Crippen LogP contribution in [0.5, 0.6) is 0 Å². The lowest BCUT2D eigenvalue weighted by Gasteiger charge is -2.33. The first kappa shape index (κ1) is 13.9. The number of carbonyl (C=O) groups is 1. The fourth-order valence-electron chi connectivity index (χ4n) is 3.66. The number of piperidine rings is 1. The van der Waals surface area contributed by atoms with Gasteiger partial charge in [-0.3, -0.25) is 4.79 Å². The van der Waals surface area contributed by atoms with Crippen molar-refractivity contribution in [2.24, 2.45) is 11.3 Å². The number of rotatable bonds is 4. The predicted octanol–water partition coefficient (Wildman–Crippen LogP) is 2.46. The molecule has 104 valence electrons. The van der Waals surface area contributed by atoms with Gasteiger partial charge in [-0.2, -0.15) is 0 Å². The summed E-state index contributed by atoms with van der Waals surface area (Å²) in [5.74, 6) is 0.961. The summed E-state index contributed by atoms with van der Waals surface area (Å²) in [6.45, 7) is 6.56. The van der Waals surface area contributed by atoms with Crippen molar-refractivity contribution >= 4 is 5.91 Å². The summed E-state index contributed by atoms with van der Waals surface area (Å²) in [5.41, 5.74) is -0.0426. The largest absolute Gasteiger partial charge is 0.353 e. The van der Waals surface area contributed by atoms with Gasteiger partial charge in [-0.15, -0.1) is 0 Å². The number of hydrogen-bond donors (Lipinski definition) is 2. The summed E-state index contributed by atoms with van der Waals surface area (Å²) in [7, 11) is 0. The van der Waals surface area contributed by atoms with Crippen LogP contribution in [0.2, 0.25) is 0 Å². The molecular weight excluding hydrogens is 224 g/mol. The van der Waals surface area contributed by atoms with E-state index in [-0.39, 0.29) is 5.41 Å². The van der Waals surface area contributed by atoms with Crippen molar-refractivity contribution < 1.29 is 4.79 Å². The normalized spacial score (nSPS) is 24.4. The number of amides is 1. The van der Waals surface area contributed by atoms with Gasteiger partial charge in [0.2, 0.25) is 5.91 Å². The van der Waals surface area contributed by atoms with Crippen molar-refractivity contribution in [3.05, 3.63) is 0 Å². The predicted molar refractivity (Wildman–Crippen MR) is 74.4 cm³/mol. The quantitative estimate of drug-likeness (QED) is 0.807. The standard InChI is InChI=1S/C15H28N2O/c1-12(2)11-15(7-3-4-8-15)14(18)17-13-5-9-16-10-6-13/h12-13,16H,3-11H2,1-2H3,(H,17,18). The van der Waals surface area contributed by atoms with E-state index in [9.17, 15) is 4.79 Å². The lowest BCUT2D eigenvalue weighted by atomic mass is 9.77. The van der Waals surface area contributed by atoms with Gasteiger partial charge in [-0.25, -0.2) is 0 Å². The van der Waals surface area contributed by atoms with Crippen LogP contribution in [0.3, 0.4) is 0 Å². The smallest absolute Gasteiger partial charge is 0.226 e. The Kier molecular flexibility index (Phi) is 4.66. The Labute approximate surface area is 111 Å². The molecule has 2 N–H and O–H groups in total. The van der Waals surface area contributed by atoms with Gasteiger partial charge in [0.25, 0.3) is 0 Å². The van der Waals surface area contributed by atoms with Crippen LogP contribution in [-0.2, 0) is 4.79 Å². The molecule has 0 aromatic rings. The zero-order valence-electron chi connectivity index (χ0n) is 11.9. The molecule has 1 amide bonds. The van der Waals surface area contributed by atoms with Crippen molar-refractivity contribution in [1.29, 1.82) is 0 Å². The van der Waals surface area contributed by atoms with Crippen molar-refractivity contribution in [3.8, 4) is 0 Å². The second-order valence-electron chi connectivity index (χ2n) is 6.58. The highest BCUT2D eigenvalue weighted by atomic mass is 16.2. The molecule has 0 aromatic heterocycles. The van der Waals surface area contributed by atoms with Gasteiger partial charge >= 0.3 is 0 Å². The SMILES string of the molecule is CC(C)CC1(C(=O)NC2CCNCC2)CCCC1. The van der Waals surface area contributed by atoms with E-state index >= 15 is 0 Å². The molecule has 1 saturated carbocycles. The second kappa shape index (κ2) is 6.05. The molecule has 1 saturated heterocycles. The van der Waals surface area contributed by atoms with Crippen molar-refractivity contribution in [2.75, 3.05) is 13.1 Å². The Hall–Kier alpha value is -0.570. The van der Waals surface area contributed by atoms with E-state index in [4.69, 9.17) is 0 Å². The van der Waals surface area contributed by atoms with Crippen LogP contribution in [0, 0.1) is 11.3 Å². The molecular formula is C15H28N2O. The highest BCUT2D eigenvalue weighted by Gasteiger charge is 2.41. The topological polar surface area (TPSA) is 41.1 Å². The molecule has 3 nitrogen and oxygen atoms in total. The van der Waals surface area contributed by atoms with Crippen LogP contribution in [0.25, 0.3) is 0 Å². The Bertz CT molecular complexity index is 276. The molecule has 2 rings (SSSR count). The first-order valence-corrected chi connectivity index (χ1v) is 7.64. The van der Waals surface area contributed by atoms with Gasteiger partial charge in [0.1, 0.15) is 0 Å². The summed E-state index contributed by atoms with van der Waals surface area (Å²) < 4.78 is 0. The lowest BCUT2D eigenvalue weighted by Crippen LogP contribution is -2.48. The minimum absolute atomic E-state index is 0.0426. The fourth-order valence-corrected chi connectivity index (χ4v) is 3.66. The van der Waals surface area contributed by atoms with Crippen LogP contribution in [0.15, 0.2) is 0 Å². The fraction of sp³-hybridized carbons (Fsp3) is 0.933. The van der Waals surface area contributed by atoms with Crippen LogP contribution >= 0.6 is 0 Å². The van der Waals surface area contributed by atoms with Crippen LogP contribution in [0.1, 0.15) is 58.8 Å². The molecule has 0 aromatic carbocycles. The van der Waals surface area contributed by atoms with E-state index in [0.29, 0.717) is 17.9 Å². The number of nitrogens with one attached hydrogen (secondary N) is 2. The first-order valence-electron chi connectivity index (χ1n) is 7.64. The first-order chi connectivity index (χ1) is 8.62. The summed E-state index contributed by atoms with van der Waals surface area (Å²) in [6.07, 6.45) is 7.89. The number of hydrogen-bond acceptors (Lipinski definition) is 2. The monoisotopic (exact) mass is 252 g/mol. The summed E-state index contributed by atoms with van der Waals surface area (Å²) in [4.78, 5) is 12.6. The maximum absolute atomic E-state index is 12.6. The molecule has 18 heavy (non-hydrogen) atoms. The Morgan fingerprint density at radius 2 is 1.89 bits per heavy atom. The van der Waals surface area contributed by atoms with Gasteiger partial charge in [0, 0.05) is 11.5 Å².